The Morgan fingerprint density at radius 3 is 2.47 bits per heavy atom. The summed E-state index contributed by atoms with van der Waals surface area (Å²) in [5.74, 6) is -0.840. The number of para-hydroxylation sites is 2. The molecule has 184 valence electrons. The Morgan fingerprint density at radius 1 is 0.944 bits per heavy atom. The Labute approximate surface area is 214 Å². The van der Waals surface area contributed by atoms with Crippen LogP contribution in [0.4, 0.5) is 11.4 Å². The minimum atomic E-state index is -0.568. The van der Waals surface area contributed by atoms with E-state index in [2.05, 4.69) is 17.6 Å². The first-order valence-electron chi connectivity index (χ1n) is 11.7. The number of benzene rings is 3. The van der Waals surface area contributed by atoms with Crippen molar-refractivity contribution in [2.45, 2.75) is 26.3 Å². The molecule has 0 aromatic heterocycles. The van der Waals surface area contributed by atoms with Gasteiger partial charge in [0.1, 0.15) is 16.5 Å². The lowest BCUT2D eigenvalue weighted by molar-refractivity contribution is -0.138. The first-order chi connectivity index (χ1) is 17.5. The predicted molar refractivity (Wildman–Crippen MR) is 140 cm³/mol. The number of imide groups is 1. The standard InChI is InChI=1S/C28H26ClN3O4/c1-2-3-16-36-23-15-8-7-14-22(23)31-26(33)20-12-9-13-21(17-20)30-25-24(29)27(34)32(28(25)35)18-19-10-5-4-6-11-19/h4-15,17,30H,2-3,16,18H2,1H3,(H,31,33). The SMILES string of the molecule is CCCCOc1ccccc1NC(=O)c1cccc(NC2=C(Cl)C(=O)N(Cc3ccccc3)C2=O)c1. The first-order valence-corrected chi connectivity index (χ1v) is 12.1. The monoisotopic (exact) mass is 503 g/mol. The molecule has 0 saturated heterocycles. The molecule has 3 amide bonds. The van der Waals surface area contributed by atoms with Gasteiger partial charge in [-0.05, 0) is 42.3 Å². The van der Waals surface area contributed by atoms with Gasteiger partial charge in [-0.2, -0.15) is 0 Å². The van der Waals surface area contributed by atoms with Gasteiger partial charge >= 0.3 is 0 Å². The van der Waals surface area contributed by atoms with Crippen LogP contribution in [0, 0.1) is 0 Å². The highest BCUT2D eigenvalue weighted by Gasteiger charge is 2.37. The van der Waals surface area contributed by atoms with Crippen molar-refractivity contribution in [1.82, 2.24) is 4.90 Å². The number of amides is 3. The normalized spacial score (nSPS) is 13.2. The van der Waals surface area contributed by atoms with Gasteiger partial charge in [-0.3, -0.25) is 19.3 Å². The molecule has 1 aliphatic rings. The second kappa shape index (κ2) is 11.6. The lowest BCUT2D eigenvalue weighted by Gasteiger charge is -2.15. The third-order valence-electron chi connectivity index (χ3n) is 5.58. The van der Waals surface area contributed by atoms with Crippen molar-refractivity contribution in [3.8, 4) is 5.75 Å². The van der Waals surface area contributed by atoms with Gasteiger partial charge in [0.15, 0.2) is 0 Å². The number of carbonyl (C=O) groups is 3. The molecule has 0 fully saturated rings. The van der Waals surface area contributed by atoms with Gasteiger partial charge in [0, 0.05) is 11.3 Å². The van der Waals surface area contributed by atoms with E-state index in [1.54, 1.807) is 30.3 Å². The van der Waals surface area contributed by atoms with E-state index in [9.17, 15) is 14.4 Å². The summed E-state index contributed by atoms with van der Waals surface area (Å²) in [4.78, 5) is 39.6. The number of unbranched alkanes of at least 4 members (excludes halogenated alkanes) is 1. The summed E-state index contributed by atoms with van der Waals surface area (Å²) in [5, 5.41) is 5.61. The minimum absolute atomic E-state index is 0.0233. The highest BCUT2D eigenvalue weighted by molar-refractivity contribution is 6.48. The van der Waals surface area contributed by atoms with E-state index in [4.69, 9.17) is 16.3 Å². The van der Waals surface area contributed by atoms with Gasteiger partial charge in [0.25, 0.3) is 17.7 Å². The van der Waals surface area contributed by atoms with E-state index in [-0.39, 0.29) is 23.2 Å². The van der Waals surface area contributed by atoms with E-state index >= 15 is 0 Å². The fourth-order valence-corrected chi connectivity index (χ4v) is 3.89. The summed E-state index contributed by atoms with van der Waals surface area (Å²) in [5.41, 5.74) is 2.16. The van der Waals surface area contributed by atoms with Crippen molar-refractivity contribution >= 4 is 40.7 Å². The molecular formula is C28H26ClN3O4. The molecule has 1 heterocycles. The lowest BCUT2D eigenvalue weighted by Crippen LogP contribution is -2.31. The number of halogens is 1. The van der Waals surface area contributed by atoms with Gasteiger partial charge in [-0.15, -0.1) is 0 Å². The molecule has 2 N–H and O–H groups in total. The van der Waals surface area contributed by atoms with Gasteiger partial charge in [0.2, 0.25) is 0 Å². The van der Waals surface area contributed by atoms with Crippen molar-refractivity contribution in [1.29, 1.82) is 0 Å². The summed E-state index contributed by atoms with van der Waals surface area (Å²) >= 11 is 6.23. The molecule has 0 aliphatic carbocycles. The second-order valence-corrected chi connectivity index (χ2v) is 8.61. The number of hydrogen-bond acceptors (Lipinski definition) is 5. The van der Waals surface area contributed by atoms with Crippen molar-refractivity contribution in [2.24, 2.45) is 0 Å². The Balaban J connectivity index is 1.46. The van der Waals surface area contributed by atoms with E-state index in [1.165, 1.54) is 0 Å². The molecule has 3 aromatic carbocycles. The smallest absolute Gasteiger partial charge is 0.279 e. The predicted octanol–water partition coefficient (Wildman–Crippen LogP) is 5.55. The highest BCUT2D eigenvalue weighted by atomic mass is 35.5. The number of nitrogens with zero attached hydrogens (tertiary/aromatic N) is 1. The van der Waals surface area contributed by atoms with Gasteiger partial charge in [-0.25, -0.2) is 0 Å². The third-order valence-corrected chi connectivity index (χ3v) is 5.93. The summed E-state index contributed by atoms with van der Waals surface area (Å²) in [6, 6.07) is 23.0. The lowest BCUT2D eigenvalue weighted by atomic mass is 10.1. The number of ether oxygens (including phenoxy) is 1. The second-order valence-electron chi connectivity index (χ2n) is 8.23. The van der Waals surface area contributed by atoms with E-state index < -0.39 is 11.8 Å². The number of hydrogen-bond donors (Lipinski definition) is 2. The molecule has 8 heteroatoms. The van der Waals surface area contributed by atoms with Gasteiger partial charge in [-0.1, -0.05) is 73.5 Å². The fourth-order valence-electron chi connectivity index (χ4n) is 3.66. The van der Waals surface area contributed by atoms with E-state index in [1.807, 2.05) is 48.5 Å². The van der Waals surface area contributed by atoms with E-state index in [0.717, 1.165) is 23.3 Å². The van der Waals surface area contributed by atoms with E-state index in [0.29, 0.717) is 29.3 Å². The molecule has 0 spiro atoms. The van der Waals surface area contributed by atoms with Crippen molar-refractivity contribution in [3.05, 3.63) is 101 Å². The molecule has 0 radical (unpaired) electrons. The van der Waals surface area contributed by atoms with Crippen LogP contribution in [-0.2, 0) is 16.1 Å². The maximum absolute atomic E-state index is 13.0. The highest BCUT2D eigenvalue weighted by Crippen LogP contribution is 2.28. The summed E-state index contributed by atoms with van der Waals surface area (Å²) < 4.78 is 5.79. The first kappa shape index (κ1) is 25.0. The number of rotatable bonds is 10. The number of carbonyl (C=O) groups excluding carboxylic acids is 3. The van der Waals surface area contributed by atoms with Crippen molar-refractivity contribution in [2.75, 3.05) is 17.2 Å². The zero-order chi connectivity index (χ0) is 25.5. The molecule has 0 bridgehead atoms. The van der Waals surface area contributed by atoms with Gasteiger partial charge < -0.3 is 15.4 Å². The van der Waals surface area contributed by atoms with Gasteiger partial charge in [0.05, 0.1) is 18.8 Å². The van der Waals surface area contributed by atoms with Crippen LogP contribution in [-0.4, -0.2) is 29.2 Å². The third kappa shape index (κ3) is 5.75. The molecule has 0 atom stereocenters. The quantitative estimate of drug-likeness (QED) is 0.280. The molecule has 3 aromatic rings. The number of anilines is 2. The summed E-state index contributed by atoms with van der Waals surface area (Å²) in [7, 11) is 0. The number of nitrogens with one attached hydrogen (secondary N) is 2. The molecule has 1 aliphatic heterocycles. The average molecular weight is 504 g/mol. The minimum Gasteiger partial charge on any atom is -0.491 e. The Morgan fingerprint density at radius 2 is 1.69 bits per heavy atom. The largest absolute Gasteiger partial charge is 0.491 e. The van der Waals surface area contributed by atoms with Crippen molar-refractivity contribution in [3.63, 3.8) is 0 Å². The van der Waals surface area contributed by atoms with Crippen LogP contribution in [0.2, 0.25) is 0 Å². The maximum atomic E-state index is 13.0. The molecule has 0 saturated carbocycles. The molecule has 36 heavy (non-hydrogen) atoms. The zero-order valence-electron chi connectivity index (χ0n) is 19.8. The van der Waals surface area contributed by atoms with Crippen LogP contribution in [0.1, 0.15) is 35.7 Å². The van der Waals surface area contributed by atoms with Crippen LogP contribution in [0.5, 0.6) is 5.75 Å². The van der Waals surface area contributed by atoms with Crippen LogP contribution < -0.4 is 15.4 Å². The summed E-state index contributed by atoms with van der Waals surface area (Å²) in [6.07, 6.45) is 1.92. The fraction of sp³-hybridized carbons (Fsp3) is 0.179. The Kier molecular flexibility index (Phi) is 8.02. The Bertz CT molecular complexity index is 1310. The van der Waals surface area contributed by atoms with Crippen LogP contribution in [0.3, 0.4) is 0 Å². The van der Waals surface area contributed by atoms with Crippen LogP contribution in [0.25, 0.3) is 0 Å². The van der Waals surface area contributed by atoms with Crippen molar-refractivity contribution < 1.29 is 19.1 Å². The molecule has 0 unspecified atom stereocenters. The molecular weight excluding hydrogens is 478 g/mol. The maximum Gasteiger partial charge on any atom is 0.279 e. The summed E-state index contributed by atoms with van der Waals surface area (Å²) in [6.45, 7) is 2.76. The topological polar surface area (TPSA) is 87.7 Å². The van der Waals surface area contributed by atoms with Crippen LogP contribution >= 0.6 is 11.6 Å². The average Bonchev–Trinajstić information content (AvgIpc) is 3.09. The molecule has 4 rings (SSSR count). The van der Waals surface area contributed by atoms with Crippen LogP contribution in [0.15, 0.2) is 89.6 Å². The zero-order valence-corrected chi connectivity index (χ0v) is 20.5. The molecule has 7 nitrogen and oxygen atoms in total. The Hall–Kier alpha value is -4.10.